The summed E-state index contributed by atoms with van der Waals surface area (Å²) in [4.78, 5) is 24.5. The van der Waals surface area contributed by atoms with Crippen molar-refractivity contribution in [3.8, 4) is 0 Å². The van der Waals surface area contributed by atoms with Gasteiger partial charge in [0.1, 0.15) is 6.61 Å². The van der Waals surface area contributed by atoms with Crippen LogP contribution >= 0.6 is 0 Å². The maximum atomic E-state index is 12.3. The second-order valence-electron chi connectivity index (χ2n) is 17.6. The first-order valence-electron chi connectivity index (χ1n) is 26.5. The van der Waals surface area contributed by atoms with Gasteiger partial charge in [-0.25, -0.2) is 0 Å². The molecule has 0 aliphatic carbocycles. The number of aliphatic hydroxyl groups excluding tert-OH is 1. The molecule has 0 aromatic carbocycles. The second kappa shape index (κ2) is 52.7. The molecule has 0 heterocycles. The minimum absolute atomic E-state index is 0.0704. The Kier molecular flexibility index (Phi) is 50.4. The Morgan fingerprint density at radius 1 is 0.387 bits per heavy atom. The first-order valence-corrected chi connectivity index (χ1v) is 26.5. The molecule has 0 aliphatic rings. The van der Waals surface area contributed by atoms with Gasteiger partial charge in [-0.05, 0) is 83.5 Å². The summed E-state index contributed by atoms with van der Waals surface area (Å²) in [6.45, 7) is 4.03. The molecule has 0 fully saturated rings. The van der Waals surface area contributed by atoms with Crippen LogP contribution in [0.15, 0.2) is 72.9 Å². The highest BCUT2D eigenvalue weighted by atomic mass is 16.6. The van der Waals surface area contributed by atoms with E-state index in [1.807, 2.05) is 0 Å². The van der Waals surface area contributed by atoms with Crippen LogP contribution in [-0.2, 0) is 19.1 Å². The second-order valence-corrected chi connectivity index (χ2v) is 17.6. The number of hydrogen-bond acceptors (Lipinski definition) is 5. The Morgan fingerprint density at radius 2 is 0.694 bits per heavy atom. The standard InChI is InChI=1S/C57H100O5/c1-3-5-7-9-11-13-15-17-19-21-23-25-26-27-28-29-30-32-33-35-37-39-41-43-45-47-49-51-56(59)61-54-55(53-58)62-57(60)52-50-48-46-44-42-40-38-36-34-31-24-22-20-18-16-14-12-10-8-6-4-2/h6,8,12,14-15,17-18,20-21,23-24,31,55,58H,3-5,7,9-11,13,16,19,22,25-30,32-54H2,1-2H3/b8-6-,14-12-,17-15-,20-18-,23-21-,31-24-. The molecular weight excluding hydrogens is 765 g/mol. The third-order valence-corrected chi connectivity index (χ3v) is 11.5. The number of allylic oxidation sites excluding steroid dienone is 12. The van der Waals surface area contributed by atoms with Gasteiger partial charge in [-0.15, -0.1) is 0 Å². The first kappa shape index (κ1) is 59.3. The predicted octanol–water partition coefficient (Wildman–Crippen LogP) is 17.6. The molecule has 1 N–H and O–H groups in total. The molecule has 0 saturated heterocycles. The normalized spacial score (nSPS) is 12.8. The predicted molar refractivity (Wildman–Crippen MR) is 270 cm³/mol. The lowest BCUT2D eigenvalue weighted by Gasteiger charge is -2.15. The lowest BCUT2D eigenvalue weighted by Crippen LogP contribution is -2.28. The SMILES string of the molecule is CC/C=C\C/C=C\C/C=C\C/C=C\CCCCCCCCCCC(=O)OC(CO)COC(=O)CCCCCCCCCCCCCCCCC/C=C\C/C=C\CCCCCCC. The summed E-state index contributed by atoms with van der Waals surface area (Å²) >= 11 is 0. The number of rotatable bonds is 48. The van der Waals surface area contributed by atoms with Crippen LogP contribution in [0.1, 0.15) is 258 Å². The van der Waals surface area contributed by atoms with Crippen LogP contribution in [0.5, 0.6) is 0 Å². The number of unbranched alkanes of at least 4 members (excludes halogenated alkanes) is 28. The van der Waals surface area contributed by atoms with Gasteiger partial charge in [0.05, 0.1) is 6.61 Å². The van der Waals surface area contributed by atoms with Crippen LogP contribution in [0.3, 0.4) is 0 Å². The number of esters is 2. The van der Waals surface area contributed by atoms with Crippen LogP contribution in [0.4, 0.5) is 0 Å². The van der Waals surface area contributed by atoms with Crippen molar-refractivity contribution < 1.29 is 24.2 Å². The van der Waals surface area contributed by atoms with E-state index in [1.54, 1.807) is 0 Å². The molecule has 0 aromatic heterocycles. The molecule has 0 bridgehead atoms. The monoisotopic (exact) mass is 865 g/mol. The van der Waals surface area contributed by atoms with E-state index < -0.39 is 6.10 Å². The van der Waals surface area contributed by atoms with E-state index in [9.17, 15) is 14.7 Å². The molecule has 1 atom stereocenters. The van der Waals surface area contributed by atoms with Gasteiger partial charge in [0.2, 0.25) is 0 Å². The molecule has 0 aliphatic heterocycles. The largest absolute Gasteiger partial charge is 0.462 e. The Morgan fingerprint density at radius 3 is 1.05 bits per heavy atom. The molecule has 0 rings (SSSR count). The summed E-state index contributed by atoms with van der Waals surface area (Å²) in [6, 6.07) is 0. The van der Waals surface area contributed by atoms with E-state index in [0.717, 1.165) is 77.0 Å². The topological polar surface area (TPSA) is 72.8 Å². The summed E-state index contributed by atoms with van der Waals surface area (Å²) in [7, 11) is 0. The van der Waals surface area contributed by atoms with Gasteiger partial charge >= 0.3 is 11.9 Å². The maximum absolute atomic E-state index is 12.3. The minimum atomic E-state index is -0.780. The van der Waals surface area contributed by atoms with E-state index in [0.29, 0.717) is 12.8 Å². The van der Waals surface area contributed by atoms with Crippen molar-refractivity contribution in [2.24, 2.45) is 0 Å². The molecular formula is C57H100O5. The summed E-state index contributed by atoms with van der Waals surface area (Å²) in [5, 5.41) is 9.63. The molecule has 1 unspecified atom stereocenters. The van der Waals surface area contributed by atoms with Crippen molar-refractivity contribution in [2.75, 3.05) is 13.2 Å². The van der Waals surface area contributed by atoms with Crippen LogP contribution in [-0.4, -0.2) is 36.4 Å². The Balaban J connectivity index is 3.50. The van der Waals surface area contributed by atoms with Crippen molar-refractivity contribution in [1.82, 2.24) is 0 Å². The molecule has 0 spiro atoms. The third kappa shape index (κ3) is 50.0. The molecule has 0 saturated carbocycles. The maximum Gasteiger partial charge on any atom is 0.306 e. The summed E-state index contributed by atoms with van der Waals surface area (Å²) < 4.78 is 10.7. The summed E-state index contributed by atoms with van der Waals surface area (Å²) in [6.07, 6.45) is 71.4. The molecule has 5 heteroatoms. The highest BCUT2D eigenvalue weighted by Crippen LogP contribution is 2.16. The minimum Gasteiger partial charge on any atom is -0.462 e. The van der Waals surface area contributed by atoms with Crippen molar-refractivity contribution in [2.45, 2.75) is 264 Å². The highest BCUT2D eigenvalue weighted by Gasteiger charge is 2.16. The lowest BCUT2D eigenvalue weighted by molar-refractivity contribution is -0.161. The molecule has 5 nitrogen and oxygen atoms in total. The van der Waals surface area contributed by atoms with Crippen molar-refractivity contribution >= 4 is 11.9 Å². The molecule has 0 amide bonds. The van der Waals surface area contributed by atoms with Crippen molar-refractivity contribution in [1.29, 1.82) is 0 Å². The van der Waals surface area contributed by atoms with Gasteiger partial charge in [-0.1, -0.05) is 234 Å². The van der Waals surface area contributed by atoms with Crippen LogP contribution in [0.25, 0.3) is 0 Å². The van der Waals surface area contributed by atoms with E-state index in [4.69, 9.17) is 9.47 Å². The first-order chi connectivity index (χ1) is 30.6. The number of aliphatic hydroxyl groups is 1. The Bertz CT molecular complexity index is 1110. The average molecular weight is 865 g/mol. The van der Waals surface area contributed by atoms with Gasteiger partial charge in [0.25, 0.3) is 0 Å². The van der Waals surface area contributed by atoms with E-state index in [-0.39, 0.29) is 25.2 Å². The molecule has 62 heavy (non-hydrogen) atoms. The Labute approximate surface area is 384 Å². The quantitative estimate of drug-likeness (QED) is 0.0375. The Hall–Kier alpha value is -2.66. The zero-order chi connectivity index (χ0) is 44.9. The van der Waals surface area contributed by atoms with E-state index >= 15 is 0 Å². The number of carbonyl (C=O) groups is 2. The molecule has 0 radical (unpaired) electrons. The number of hydrogen-bond donors (Lipinski definition) is 1. The van der Waals surface area contributed by atoms with Crippen LogP contribution in [0, 0.1) is 0 Å². The van der Waals surface area contributed by atoms with Gasteiger partial charge < -0.3 is 14.6 Å². The van der Waals surface area contributed by atoms with Crippen LogP contribution < -0.4 is 0 Å². The smallest absolute Gasteiger partial charge is 0.306 e. The molecule has 358 valence electrons. The number of ether oxygens (including phenoxy) is 2. The van der Waals surface area contributed by atoms with Gasteiger partial charge in [0, 0.05) is 12.8 Å². The zero-order valence-electron chi connectivity index (χ0n) is 40.9. The van der Waals surface area contributed by atoms with Crippen molar-refractivity contribution in [3.63, 3.8) is 0 Å². The average Bonchev–Trinajstić information content (AvgIpc) is 3.28. The zero-order valence-corrected chi connectivity index (χ0v) is 40.9. The van der Waals surface area contributed by atoms with E-state index in [1.165, 1.54) is 154 Å². The van der Waals surface area contributed by atoms with Crippen LogP contribution in [0.2, 0.25) is 0 Å². The van der Waals surface area contributed by atoms with Gasteiger partial charge in [0.15, 0.2) is 6.10 Å². The highest BCUT2D eigenvalue weighted by molar-refractivity contribution is 5.70. The summed E-state index contributed by atoms with van der Waals surface area (Å²) in [5.74, 6) is -0.595. The fraction of sp³-hybridized carbons (Fsp3) is 0.754. The fourth-order valence-electron chi connectivity index (χ4n) is 7.52. The third-order valence-electron chi connectivity index (χ3n) is 11.5. The fourth-order valence-corrected chi connectivity index (χ4v) is 7.52. The van der Waals surface area contributed by atoms with Crippen molar-refractivity contribution in [3.05, 3.63) is 72.9 Å². The van der Waals surface area contributed by atoms with E-state index in [2.05, 4.69) is 86.8 Å². The lowest BCUT2D eigenvalue weighted by atomic mass is 10.0. The molecule has 0 aromatic rings. The summed E-state index contributed by atoms with van der Waals surface area (Å²) in [5.41, 5.74) is 0. The van der Waals surface area contributed by atoms with Gasteiger partial charge in [-0.3, -0.25) is 9.59 Å². The van der Waals surface area contributed by atoms with Gasteiger partial charge in [-0.2, -0.15) is 0 Å². The number of carbonyl (C=O) groups excluding carboxylic acids is 2.